The van der Waals surface area contributed by atoms with Crippen LogP contribution in [0.15, 0.2) is 24.3 Å². The van der Waals surface area contributed by atoms with Gasteiger partial charge in [-0.25, -0.2) is 4.79 Å². The molecule has 44 heavy (non-hydrogen) atoms. The van der Waals surface area contributed by atoms with Crippen LogP contribution in [0, 0.1) is 17.8 Å². The Labute approximate surface area is 265 Å². The Morgan fingerprint density at radius 3 is 2.36 bits per heavy atom. The lowest BCUT2D eigenvalue weighted by molar-refractivity contribution is -0.144. The second-order valence-electron chi connectivity index (χ2n) is 15.3. The number of ether oxygens (including phenoxy) is 3. The molecular formula is C34H54N2O7Si. The Bertz CT molecular complexity index is 1180. The molecule has 0 spiro atoms. The van der Waals surface area contributed by atoms with Gasteiger partial charge in [-0.05, 0) is 82.3 Å². The second kappa shape index (κ2) is 13.1. The number of rotatable bonds is 12. The number of aldehydes is 1. The SMILES string of the molecule is COc1ccc(COCCCCN2C(=O)C3C[C@@H](CO[Si](C)(C)C(C)(C)C)[C@H]4N(C(=O)OC(C)(C)C)CC[C@H]3[C@]42C=O)cc1. The van der Waals surface area contributed by atoms with Crippen molar-refractivity contribution in [2.75, 3.05) is 33.4 Å². The molecule has 4 rings (SSSR count). The summed E-state index contributed by atoms with van der Waals surface area (Å²) in [4.78, 5) is 44.6. The van der Waals surface area contributed by atoms with Gasteiger partial charge in [-0.2, -0.15) is 0 Å². The van der Waals surface area contributed by atoms with Crippen molar-refractivity contribution >= 4 is 26.6 Å². The van der Waals surface area contributed by atoms with Crippen molar-refractivity contribution in [3.8, 4) is 5.75 Å². The minimum atomic E-state index is -2.11. The van der Waals surface area contributed by atoms with Crippen LogP contribution in [0.25, 0.3) is 0 Å². The van der Waals surface area contributed by atoms with Gasteiger partial charge in [0.25, 0.3) is 0 Å². The van der Waals surface area contributed by atoms with Crippen molar-refractivity contribution in [1.29, 1.82) is 0 Å². The molecule has 1 aliphatic carbocycles. The van der Waals surface area contributed by atoms with E-state index >= 15 is 0 Å². The number of carbonyl (C=O) groups excluding carboxylic acids is 3. The van der Waals surface area contributed by atoms with Crippen molar-refractivity contribution in [2.45, 2.75) is 109 Å². The summed E-state index contributed by atoms with van der Waals surface area (Å²) in [6, 6.07) is 7.30. The van der Waals surface area contributed by atoms with Gasteiger partial charge in [0.2, 0.25) is 5.91 Å². The van der Waals surface area contributed by atoms with Crippen molar-refractivity contribution in [1.82, 2.24) is 9.80 Å². The minimum absolute atomic E-state index is 0.0141. The molecule has 9 nitrogen and oxygen atoms in total. The van der Waals surface area contributed by atoms with Crippen LogP contribution < -0.4 is 4.74 Å². The number of hydrogen-bond donors (Lipinski definition) is 0. The zero-order valence-electron chi connectivity index (χ0n) is 28.3. The van der Waals surface area contributed by atoms with Gasteiger partial charge in [-0.1, -0.05) is 32.9 Å². The summed E-state index contributed by atoms with van der Waals surface area (Å²) in [5.74, 6) is 0.336. The van der Waals surface area contributed by atoms with Gasteiger partial charge in [0, 0.05) is 44.1 Å². The summed E-state index contributed by atoms with van der Waals surface area (Å²) >= 11 is 0. The van der Waals surface area contributed by atoms with Crippen LogP contribution >= 0.6 is 0 Å². The van der Waals surface area contributed by atoms with Crippen LogP contribution in [-0.2, 0) is 30.1 Å². The van der Waals surface area contributed by atoms with E-state index in [1.807, 2.05) is 49.9 Å². The topological polar surface area (TPSA) is 94.6 Å². The third-order valence-electron chi connectivity index (χ3n) is 10.3. The average Bonchev–Trinajstić information content (AvgIpc) is 3.11. The maximum absolute atomic E-state index is 14.0. The minimum Gasteiger partial charge on any atom is -0.497 e. The van der Waals surface area contributed by atoms with Crippen LogP contribution in [0.1, 0.15) is 72.8 Å². The largest absolute Gasteiger partial charge is 0.497 e. The van der Waals surface area contributed by atoms with Crippen molar-refractivity contribution in [3.05, 3.63) is 29.8 Å². The molecule has 1 unspecified atom stereocenters. The third-order valence-corrected chi connectivity index (χ3v) is 14.8. The molecule has 5 atom stereocenters. The van der Waals surface area contributed by atoms with E-state index in [4.69, 9.17) is 18.6 Å². The lowest BCUT2D eigenvalue weighted by Gasteiger charge is -2.57. The molecule has 0 aromatic heterocycles. The van der Waals surface area contributed by atoms with E-state index in [1.54, 1.807) is 12.0 Å². The van der Waals surface area contributed by atoms with Gasteiger partial charge in [0.15, 0.2) is 8.32 Å². The predicted molar refractivity (Wildman–Crippen MR) is 172 cm³/mol. The summed E-state index contributed by atoms with van der Waals surface area (Å²) in [7, 11) is -0.471. The number of amides is 2. The van der Waals surface area contributed by atoms with E-state index in [0.29, 0.717) is 52.2 Å². The fourth-order valence-electron chi connectivity index (χ4n) is 7.04. The molecule has 3 aliphatic rings. The number of benzene rings is 1. The molecule has 246 valence electrons. The smallest absolute Gasteiger partial charge is 0.410 e. The highest BCUT2D eigenvalue weighted by molar-refractivity contribution is 6.74. The predicted octanol–water partition coefficient (Wildman–Crippen LogP) is 6.06. The lowest BCUT2D eigenvalue weighted by Crippen LogP contribution is -2.72. The molecule has 0 radical (unpaired) electrons. The first kappa shape index (κ1) is 34.4. The van der Waals surface area contributed by atoms with E-state index in [-0.39, 0.29) is 28.7 Å². The number of likely N-dealkylation sites (tertiary alicyclic amines) is 2. The van der Waals surface area contributed by atoms with Gasteiger partial charge >= 0.3 is 6.09 Å². The normalized spacial score (nSPS) is 27.0. The van der Waals surface area contributed by atoms with E-state index in [1.165, 1.54) is 0 Å². The maximum atomic E-state index is 14.0. The number of carbonyl (C=O) groups is 3. The summed E-state index contributed by atoms with van der Waals surface area (Å²) in [6.07, 6.45) is 3.22. The Balaban J connectivity index is 1.51. The number of hydrogen-bond acceptors (Lipinski definition) is 7. The standard InChI is InChI=1S/C34H54N2O7Si/c1-32(2,3)43-31(39)35-18-16-28-27-20-25(22-42-44(8,9)33(4,5)6)29(35)34(28,23-37)36(30(27)38)17-10-11-19-41-21-24-12-14-26(40-7)15-13-24/h12-15,23,25,27-29H,10-11,16-22H2,1-9H3/t25-,27?,28+,29+,34+/m0/s1. The van der Waals surface area contributed by atoms with Gasteiger partial charge in [0.1, 0.15) is 23.2 Å². The van der Waals surface area contributed by atoms with Crippen LogP contribution in [0.4, 0.5) is 4.79 Å². The summed E-state index contributed by atoms with van der Waals surface area (Å²) < 4.78 is 23.7. The zero-order valence-corrected chi connectivity index (χ0v) is 29.3. The Hall–Kier alpha value is -2.43. The molecule has 2 aliphatic heterocycles. The highest BCUT2D eigenvalue weighted by Crippen LogP contribution is 2.56. The fourth-order valence-corrected chi connectivity index (χ4v) is 8.11. The van der Waals surface area contributed by atoms with E-state index in [9.17, 15) is 14.4 Å². The van der Waals surface area contributed by atoms with Gasteiger partial charge in [0.05, 0.1) is 19.8 Å². The zero-order chi connectivity index (χ0) is 32.5. The Morgan fingerprint density at radius 1 is 1.09 bits per heavy atom. The Morgan fingerprint density at radius 2 is 1.77 bits per heavy atom. The van der Waals surface area contributed by atoms with Crippen LogP contribution in [0.2, 0.25) is 18.1 Å². The lowest BCUT2D eigenvalue weighted by atomic mass is 9.60. The molecule has 1 saturated carbocycles. The summed E-state index contributed by atoms with van der Waals surface area (Å²) in [5, 5.41) is 0.0141. The molecule has 3 fully saturated rings. The Kier molecular flexibility index (Phi) is 10.3. The second-order valence-corrected chi connectivity index (χ2v) is 20.1. The molecule has 0 N–H and O–H groups in total. The first-order valence-electron chi connectivity index (χ1n) is 16.2. The van der Waals surface area contributed by atoms with E-state index in [0.717, 1.165) is 24.0 Å². The summed E-state index contributed by atoms with van der Waals surface area (Å²) in [5.41, 5.74) is -0.695. The molecule has 2 amide bonds. The number of nitrogens with zero attached hydrogens (tertiary/aromatic N) is 2. The quantitative estimate of drug-likeness (QED) is 0.158. The molecule has 1 aromatic rings. The van der Waals surface area contributed by atoms with Gasteiger partial charge in [-0.3, -0.25) is 4.79 Å². The highest BCUT2D eigenvalue weighted by atomic mass is 28.4. The average molecular weight is 631 g/mol. The number of methoxy groups -OCH3 is 1. The molecular weight excluding hydrogens is 576 g/mol. The monoisotopic (exact) mass is 630 g/mol. The van der Waals surface area contributed by atoms with Gasteiger partial charge < -0.3 is 33.2 Å². The number of piperidine rings is 1. The van der Waals surface area contributed by atoms with E-state index < -0.39 is 31.6 Å². The molecule has 2 heterocycles. The van der Waals surface area contributed by atoms with Crippen molar-refractivity contribution < 1.29 is 33.0 Å². The highest BCUT2D eigenvalue weighted by Gasteiger charge is 2.70. The van der Waals surface area contributed by atoms with Crippen molar-refractivity contribution in [3.63, 3.8) is 0 Å². The molecule has 2 saturated heterocycles. The van der Waals surface area contributed by atoms with Crippen molar-refractivity contribution in [2.24, 2.45) is 17.8 Å². The van der Waals surface area contributed by atoms with E-state index in [2.05, 4.69) is 33.9 Å². The number of unbranched alkanes of at least 4 members (excludes halogenated alkanes) is 1. The first-order chi connectivity index (χ1) is 20.6. The van der Waals surface area contributed by atoms with Crippen LogP contribution in [0.3, 0.4) is 0 Å². The van der Waals surface area contributed by atoms with Gasteiger partial charge in [-0.15, -0.1) is 0 Å². The molecule has 4 bridgehead atoms. The first-order valence-corrected chi connectivity index (χ1v) is 19.1. The molecule has 10 heteroatoms. The van der Waals surface area contributed by atoms with Crippen LogP contribution in [-0.4, -0.2) is 87.0 Å². The molecule has 1 aromatic carbocycles. The fraction of sp³-hybridized carbons (Fsp3) is 0.735. The van der Waals surface area contributed by atoms with Crippen LogP contribution in [0.5, 0.6) is 5.75 Å². The maximum Gasteiger partial charge on any atom is 0.410 e. The summed E-state index contributed by atoms with van der Waals surface area (Å²) in [6.45, 7) is 19.0. The third kappa shape index (κ3) is 6.87.